The van der Waals surface area contributed by atoms with Crippen molar-refractivity contribution in [1.82, 2.24) is 10.2 Å². The number of hydrogen-bond acceptors (Lipinski definition) is 4. The second-order valence-corrected chi connectivity index (χ2v) is 4.77. The molecule has 1 fully saturated rings. The summed E-state index contributed by atoms with van der Waals surface area (Å²) in [6.07, 6.45) is 4.60. The van der Waals surface area contributed by atoms with Crippen LogP contribution in [0.15, 0.2) is 0 Å². The van der Waals surface area contributed by atoms with Gasteiger partial charge in [-0.3, -0.25) is 9.69 Å². The summed E-state index contributed by atoms with van der Waals surface area (Å²) in [6, 6.07) is 0.553. The van der Waals surface area contributed by atoms with Crippen LogP contribution in [0.3, 0.4) is 0 Å². The van der Waals surface area contributed by atoms with Crippen molar-refractivity contribution in [3.8, 4) is 0 Å². The predicted octanol–water partition coefficient (Wildman–Crippen LogP) is -0.0493. The fourth-order valence-electron chi connectivity index (χ4n) is 2.38. The molecule has 100 valence electrons. The van der Waals surface area contributed by atoms with E-state index < -0.39 is 0 Å². The number of likely N-dealkylation sites (N-methyl/N-ethyl adjacent to an activating group) is 1. The summed E-state index contributed by atoms with van der Waals surface area (Å²) in [4.78, 5) is 13.7. The van der Waals surface area contributed by atoms with Gasteiger partial charge in [0.1, 0.15) is 0 Å². The van der Waals surface area contributed by atoms with Gasteiger partial charge >= 0.3 is 0 Å². The van der Waals surface area contributed by atoms with Crippen LogP contribution in [0.4, 0.5) is 0 Å². The van der Waals surface area contributed by atoms with E-state index in [0.29, 0.717) is 25.7 Å². The molecule has 0 spiro atoms. The summed E-state index contributed by atoms with van der Waals surface area (Å²) in [5.41, 5.74) is 6.08. The number of nitrogens with one attached hydrogen (secondary N) is 1. The minimum absolute atomic E-state index is 0.0438. The van der Waals surface area contributed by atoms with E-state index in [0.717, 1.165) is 12.8 Å². The van der Waals surface area contributed by atoms with Gasteiger partial charge in [-0.25, -0.2) is 0 Å². The van der Waals surface area contributed by atoms with E-state index in [9.17, 15) is 4.79 Å². The Morgan fingerprint density at radius 3 is 2.82 bits per heavy atom. The van der Waals surface area contributed by atoms with Crippen LogP contribution in [0.1, 0.15) is 25.7 Å². The number of carbonyl (C=O) groups excluding carboxylic acids is 1. The number of hydrogen-bond donors (Lipinski definition) is 2. The SMILES string of the molecule is COCCNC(=O)CN(C)C1CCCCC1N. The van der Waals surface area contributed by atoms with Crippen molar-refractivity contribution >= 4 is 5.91 Å². The number of methoxy groups -OCH3 is 1. The first-order valence-electron chi connectivity index (χ1n) is 6.36. The number of nitrogens with zero attached hydrogens (tertiary/aromatic N) is 1. The number of rotatable bonds is 6. The van der Waals surface area contributed by atoms with Gasteiger partial charge in [0.2, 0.25) is 5.91 Å². The summed E-state index contributed by atoms with van der Waals surface area (Å²) in [7, 11) is 3.60. The van der Waals surface area contributed by atoms with Crippen LogP contribution in [0.5, 0.6) is 0 Å². The Balaban J connectivity index is 2.26. The zero-order valence-corrected chi connectivity index (χ0v) is 10.9. The summed E-state index contributed by atoms with van der Waals surface area (Å²) >= 11 is 0. The molecule has 0 aromatic carbocycles. The van der Waals surface area contributed by atoms with Gasteiger partial charge < -0.3 is 15.8 Å². The third-order valence-electron chi connectivity index (χ3n) is 3.37. The molecule has 1 rings (SSSR count). The molecule has 1 amide bonds. The number of carbonyl (C=O) groups is 1. The fraction of sp³-hybridized carbons (Fsp3) is 0.917. The van der Waals surface area contributed by atoms with Gasteiger partial charge in [0.25, 0.3) is 0 Å². The van der Waals surface area contributed by atoms with E-state index in [1.807, 2.05) is 7.05 Å². The third kappa shape index (κ3) is 5.02. The van der Waals surface area contributed by atoms with Gasteiger partial charge in [-0.15, -0.1) is 0 Å². The molecule has 0 heterocycles. The minimum Gasteiger partial charge on any atom is -0.383 e. The molecule has 1 saturated carbocycles. The molecule has 2 unspecified atom stereocenters. The van der Waals surface area contributed by atoms with Gasteiger partial charge in [0.05, 0.1) is 13.2 Å². The molecular weight excluding hydrogens is 218 g/mol. The molecule has 0 aromatic rings. The van der Waals surface area contributed by atoms with Crippen LogP contribution in [0.25, 0.3) is 0 Å². The molecule has 5 heteroatoms. The van der Waals surface area contributed by atoms with Crippen molar-refractivity contribution in [2.75, 3.05) is 33.9 Å². The summed E-state index contributed by atoms with van der Waals surface area (Å²) in [6.45, 7) is 1.54. The highest BCUT2D eigenvalue weighted by Crippen LogP contribution is 2.20. The Kier molecular flexibility index (Phi) is 6.47. The lowest BCUT2D eigenvalue weighted by Crippen LogP contribution is -2.50. The molecule has 1 aliphatic carbocycles. The molecule has 0 aliphatic heterocycles. The Morgan fingerprint density at radius 1 is 1.47 bits per heavy atom. The highest BCUT2D eigenvalue weighted by atomic mass is 16.5. The van der Waals surface area contributed by atoms with Crippen LogP contribution in [0, 0.1) is 0 Å². The molecule has 2 atom stereocenters. The van der Waals surface area contributed by atoms with Gasteiger partial charge in [0, 0.05) is 25.7 Å². The normalized spacial score (nSPS) is 24.9. The Morgan fingerprint density at radius 2 is 2.18 bits per heavy atom. The first kappa shape index (κ1) is 14.4. The summed E-state index contributed by atoms with van der Waals surface area (Å²) < 4.78 is 4.88. The Labute approximate surface area is 104 Å². The van der Waals surface area contributed by atoms with Crippen LogP contribution < -0.4 is 11.1 Å². The standard InChI is InChI=1S/C12H25N3O2/c1-15(9-12(16)14-7-8-17-2)11-6-4-3-5-10(11)13/h10-11H,3-9,13H2,1-2H3,(H,14,16). The summed E-state index contributed by atoms with van der Waals surface area (Å²) in [5.74, 6) is 0.0438. The van der Waals surface area contributed by atoms with E-state index in [-0.39, 0.29) is 11.9 Å². The van der Waals surface area contributed by atoms with Crippen LogP contribution in [0.2, 0.25) is 0 Å². The van der Waals surface area contributed by atoms with Crippen molar-refractivity contribution in [3.05, 3.63) is 0 Å². The summed E-state index contributed by atoms with van der Waals surface area (Å²) in [5, 5.41) is 2.82. The molecule has 1 aliphatic rings. The quantitative estimate of drug-likeness (QED) is 0.642. The largest absolute Gasteiger partial charge is 0.383 e. The van der Waals surface area contributed by atoms with E-state index in [1.54, 1.807) is 7.11 Å². The molecule has 0 radical (unpaired) electrons. The predicted molar refractivity (Wildman–Crippen MR) is 67.7 cm³/mol. The van der Waals surface area contributed by atoms with E-state index in [1.165, 1.54) is 12.8 Å². The third-order valence-corrected chi connectivity index (χ3v) is 3.37. The van der Waals surface area contributed by atoms with Gasteiger partial charge in [-0.2, -0.15) is 0 Å². The van der Waals surface area contributed by atoms with Gasteiger partial charge in [-0.1, -0.05) is 12.8 Å². The highest BCUT2D eigenvalue weighted by Gasteiger charge is 2.26. The van der Waals surface area contributed by atoms with Crippen LogP contribution in [-0.4, -0.2) is 56.7 Å². The van der Waals surface area contributed by atoms with E-state index in [4.69, 9.17) is 10.5 Å². The molecule has 3 N–H and O–H groups in total. The Bertz CT molecular complexity index is 236. The first-order chi connectivity index (χ1) is 8.15. The second-order valence-electron chi connectivity index (χ2n) is 4.77. The molecule has 5 nitrogen and oxygen atoms in total. The second kappa shape index (κ2) is 7.63. The number of amides is 1. The molecular formula is C12H25N3O2. The van der Waals surface area contributed by atoms with Gasteiger partial charge in [-0.05, 0) is 19.9 Å². The van der Waals surface area contributed by atoms with Crippen LogP contribution >= 0.6 is 0 Å². The van der Waals surface area contributed by atoms with E-state index in [2.05, 4.69) is 10.2 Å². The number of nitrogens with two attached hydrogens (primary N) is 1. The van der Waals surface area contributed by atoms with Crippen LogP contribution in [-0.2, 0) is 9.53 Å². The van der Waals surface area contributed by atoms with Crippen molar-refractivity contribution in [2.45, 2.75) is 37.8 Å². The molecule has 17 heavy (non-hydrogen) atoms. The maximum Gasteiger partial charge on any atom is 0.234 e. The maximum atomic E-state index is 11.6. The average Bonchev–Trinajstić information content (AvgIpc) is 2.29. The maximum absolute atomic E-state index is 11.6. The smallest absolute Gasteiger partial charge is 0.234 e. The number of ether oxygens (including phenoxy) is 1. The lowest BCUT2D eigenvalue weighted by atomic mass is 9.90. The first-order valence-corrected chi connectivity index (χ1v) is 6.36. The Hall–Kier alpha value is -0.650. The zero-order chi connectivity index (χ0) is 12.7. The van der Waals surface area contributed by atoms with E-state index >= 15 is 0 Å². The highest BCUT2D eigenvalue weighted by molar-refractivity contribution is 5.78. The lowest BCUT2D eigenvalue weighted by Gasteiger charge is -2.35. The fourth-order valence-corrected chi connectivity index (χ4v) is 2.38. The van der Waals surface area contributed by atoms with Crippen molar-refractivity contribution in [2.24, 2.45) is 5.73 Å². The monoisotopic (exact) mass is 243 g/mol. The van der Waals surface area contributed by atoms with Crippen molar-refractivity contribution in [1.29, 1.82) is 0 Å². The van der Waals surface area contributed by atoms with Crippen molar-refractivity contribution < 1.29 is 9.53 Å². The average molecular weight is 243 g/mol. The molecule has 0 saturated heterocycles. The zero-order valence-electron chi connectivity index (χ0n) is 10.9. The topological polar surface area (TPSA) is 67.6 Å². The van der Waals surface area contributed by atoms with Gasteiger partial charge in [0.15, 0.2) is 0 Å². The lowest BCUT2D eigenvalue weighted by molar-refractivity contribution is -0.122. The molecule has 0 bridgehead atoms. The molecule has 0 aromatic heterocycles. The minimum atomic E-state index is 0.0438. The van der Waals surface area contributed by atoms with Crippen molar-refractivity contribution in [3.63, 3.8) is 0 Å².